The lowest BCUT2D eigenvalue weighted by Gasteiger charge is -2.31. The van der Waals surface area contributed by atoms with E-state index in [1.807, 2.05) is 11.3 Å². The van der Waals surface area contributed by atoms with Gasteiger partial charge in [-0.15, -0.1) is 11.3 Å². The van der Waals surface area contributed by atoms with Gasteiger partial charge < -0.3 is 5.32 Å². The van der Waals surface area contributed by atoms with E-state index in [1.54, 1.807) is 0 Å². The zero-order valence-electron chi connectivity index (χ0n) is 9.35. The summed E-state index contributed by atoms with van der Waals surface area (Å²) in [5.41, 5.74) is 0. The van der Waals surface area contributed by atoms with Gasteiger partial charge in [0.15, 0.2) is 0 Å². The third kappa shape index (κ3) is 2.83. The van der Waals surface area contributed by atoms with Crippen molar-refractivity contribution >= 4 is 27.3 Å². The molecule has 0 radical (unpaired) electrons. The summed E-state index contributed by atoms with van der Waals surface area (Å²) in [6.07, 6.45) is 4.27. The third-order valence-corrected chi connectivity index (χ3v) is 5.50. The molecular weight excluding hydrogens is 270 g/mol. The maximum atomic E-state index is 3.63. The Bertz CT molecular complexity index is 311. The normalized spacial score (nSPS) is 18.9. The first-order valence-corrected chi connectivity index (χ1v) is 7.26. The fraction of sp³-hybridized carbons (Fsp3) is 0.667. The fourth-order valence-corrected chi connectivity index (χ4v) is 3.53. The molecule has 1 atom stereocenters. The predicted molar refractivity (Wildman–Crippen MR) is 70.4 cm³/mol. The van der Waals surface area contributed by atoms with E-state index in [-0.39, 0.29) is 0 Å². The maximum Gasteiger partial charge on any atom is 0.0314 e. The van der Waals surface area contributed by atoms with Crippen molar-refractivity contribution in [1.29, 1.82) is 0 Å². The van der Waals surface area contributed by atoms with Gasteiger partial charge in [-0.2, -0.15) is 0 Å². The van der Waals surface area contributed by atoms with Gasteiger partial charge in [-0.3, -0.25) is 0 Å². The largest absolute Gasteiger partial charge is 0.309 e. The van der Waals surface area contributed by atoms with Crippen molar-refractivity contribution in [3.8, 4) is 0 Å². The molecule has 1 aliphatic carbocycles. The second-order valence-corrected chi connectivity index (χ2v) is 6.67. The minimum atomic E-state index is 0.680. The van der Waals surface area contributed by atoms with E-state index >= 15 is 0 Å². The summed E-state index contributed by atoms with van der Waals surface area (Å²) in [5, 5.41) is 3.63. The van der Waals surface area contributed by atoms with Crippen LogP contribution in [-0.4, -0.2) is 6.04 Å². The van der Waals surface area contributed by atoms with Gasteiger partial charge in [0, 0.05) is 26.8 Å². The van der Waals surface area contributed by atoms with Crippen molar-refractivity contribution in [2.45, 2.75) is 45.7 Å². The summed E-state index contributed by atoms with van der Waals surface area (Å²) in [7, 11) is 0. The molecule has 1 fully saturated rings. The highest BCUT2D eigenvalue weighted by atomic mass is 79.9. The van der Waals surface area contributed by atoms with Gasteiger partial charge >= 0.3 is 0 Å². The minimum absolute atomic E-state index is 0.680. The van der Waals surface area contributed by atoms with Crippen LogP contribution in [0.2, 0.25) is 0 Å². The highest BCUT2D eigenvalue weighted by Gasteiger charge is 2.23. The van der Waals surface area contributed by atoms with Crippen LogP contribution in [0.15, 0.2) is 10.5 Å². The number of halogens is 1. The standard InChI is InChI=1S/C12H18BrNS/c1-8(10-4-3-5-10)14-7-11-6-12(13)9(2)15-11/h6,8,10,14H,3-5,7H2,1-2H3. The third-order valence-electron chi connectivity index (χ3n) is 3.36. The molecule has 84 valence electrons. The molecule has 0 aliphatic heterocycles. The fourth-order valence-electron chi connectivity index (χ4n) is 1.97. The zero-order valence-corrected chi connectivity index (χ0v) is 11.7. The number of hydrogen-bond acceptors (Lipinski definition) is 2. The number of aryl methyl sites for hydroxylation is 1. The Hall–Kier alpha value is 0.140. The summed E-state index contributed by atoms with van der Waals surface area (Å²) in [4.78, 5) is 2.81. The van der Waals surface area contributed by atoms with Crippen LogP contribution >= 0.6 is 27.3 Å². The number of hydrogen-bond donors (Lipinski definition) is 1. The Morgan fingerprint density at radius 3 is 2.80 bits per heavy atom. The highest BCUT2D eigenvalue weighted by molar-refractivity contribution is 9.10. The van der Waals surface area contributed by atoms with Gasteiger partial charge in [-0.25, -0.2) is 0 Å². The molecule has 0 spiro atoms. The summed E-state index contributed by atoms with van der Waals surface area (Å²) < 4.78 is 1.25. The first-order chi connectivity index (χ1) is 7.16. The Balaban J connectivity index is 1.81. The molecule has 1 saturated carbocycles. The number of thiophene rings is 1. The minimum Gasteiger partial charge on any atom is -0.309 e. The molecule has 0 bridgehead atoms. The Morgan fingerprint density at radius 2 is 2.33 bits per heavy atom. The second-order valence-electron chi connectivity index (χ2n) is 4.48. The van der Waals surface area contributed by atoms with Crippen LogP contribution in [0.4, 0.5) is 0 Å². The van der Waals surface area contributed by atoms with Gasteiger partial charge in [0.05, 0.1) is 0 Å². The SMILES string of the molecule is Cc1sc(CNC(C)C2CCC2)cc1Br. The Kier molecular flexibility index (Phi) is 3.86. The van der Waals surface area contributed by atoms with Crippen molar-refractivity contribution in [2.75, 3.05) is 0 Å². The molecular formula is C12H18BrNS. The van der Waals surface area contributed by atoms with Crippen LogP contribution in [0.3, 0.4) is 0 Å². The lowest BCUT2D eigenvalue weighted by molar-refractivity contribution is 0.240. The number of rotatable bonds is 4. The maximum absolute atomic E-state index is 3.63. The first kappa shape index (κ1) is 11.6. The topological polar surface area (TPSA) is 12.0 Å². The zero-order chi connectivity index (χ0) is 10.8. The van der Waals surface area contributed by atoms with Gasteiger partial charge in [0.2, 0.25) is 0 Å². The highest BCUT2D eigenvalue weighted by Crippen LogP contribution is 2.30. The average molecular weight is 288 g/mol. The molecule has 1 aromatic heterocycles. The summed E-state index contributed by atoms with van der Waals surface area (Å²) >= 11 is 5.44. The number of nitrogens with one attached hydrogen (secondary N) is 1. The molecule has 0 saturated heterocycles. The van der Waals surface area contributed by atoms with Crippen LogP contribution in [0.1, 0.15) is 35.9 Å². The van der Waals surface area contributed by atoms with Crippen molar-refractivity contribution in [1.82, 2.24) is 5.32 Å². The van der Waals surface area contributed by atoms with E-state index in [2.05, 4.69) is 41.2 Å². The van der Waals surface area contributed by atoms with Gasteiger partial charge in [-0.1, -0.05) is 6.42 Å². The second kappa shape index (κ2) is 4.98. The van der Waals surface area contributed by atoms with Crippen molar-refractivity contribution in [3.63, 3.8) is 0 Å². The van der Waals surface area contributed by atoms with Crippen LogP contribution in [0.25, 0.3) is 0 Å². The van der Waals surface area contributed by atoms with E-state index in [9.17, 15) is 0 Å². The van der Waals surface area contributed by atoms with Crippen molar-refractivity contribution in [3.05, 3.63) is 20.3 Å². The molecule has 1 nitrogen and oxygen atoms in total. The van der Waals surface area contributed by atoms with E-state index in [1.165, 1.54) is 33.5 Å². The molecule has 1 unspecified atom stereocenters. The van der Waals surface area contributed by atoms with Crippen LogP contribution in [0, 0.1) is 12.8 Å². The lowest BCUT2D eigenvalue weighted by Crippen LogP contribution is -2.36. The van der Waals surface area contributed by atoms with Crippen LogP contribution < -0.4 is 5.32 Å². The summed E-state index contributed by atoms with van der Waals surface area (Å²) in [6.45, 7) is 5.50. The van der Waals surface area contributed by atoms with Gasteiger partial charge in [0.25, 0.3) is 0 Å². The molecule has 0 aromatic carbocycles. The Morgan fingerprint density at radius 1 is 1.60 bits per heavy atom. The molecule has 15 heavy (non-hydrogen) atoms. The van der Waals surface area contributed by atoms with Crippen molar-refractivity contribution in [2.24, 2.45) is 5.92 Å². The molecule has 2 rings (SSSR count). The predicted octanol–water partition coefficient (Wildman–Crippen LogP) is 4.10. The molecule has 1 heterocycles. The van der Waals surface area contributed by atoms with E-state index in [4.69, 9.17) is 0 Å². The van der Waals surface area contributed by atoms with Gasteiger partial charge in [-0.05, 0) is 54.6 Å². The smallest absolute Gasteiger partial charge is 0.0314 e. The van der Waals surface area contributed by atoms with E-state index in [0.29, 0.717) is 6.04 Å². The van der Waals surface area contributed by atoms with Crippen LogP contribution in [-0.2, 0) is 6.54 Å². The van der Waals surface area contributed by atoms with Crippen molar-refractivity contribution < 1.29 is 0 Å². The first-order valence-electron chi connectivity index (χ1n) is 5.65. The van der Waals surface area contributed by atoms with Crippen LogP contribution in [0.5, 0.6) is 0 Å². The van der Waals surface area contributed by atoms with Gasteiger partial charge in [0.1, 0.15) is 0 Å². The summed E-state index contributed by atoms with van der Waals surface area (Å²) in [5.74, 6) is 0.925. The Labute approximate surface area is 104 Å². The molecule has 1 aliphatic rings. The lowest BCUT2D eigenvalue weighted by atomic mass is 9.80. The molecule has 0 amide bonds. The molecule has 1 N–H and O–H groups in total. The average Bonchev–Trinajstić information content (AvgIpc) is 2.40. The quantitative estimate of drug-likeness (QED) is 0.879. The summed E-state index contributed by atoms with van der Waals surface area (Å²) in [6, 6.07) is 2.92. The van der Waals surface area contributed by atoms with E-state index in [0.717, 1.165) is 12.5 Å². The molecule has 3 heteroatoms. The monoisotopic (exact) mass is 287 g/mol. The molecule has 1 aromatic rings. The van der Waals surface area contributed by atoms with E-state index < -0.39 is 0 Å².